The Labute approximate surface area is 94.6 Å². The van der Waals surface area contributed by atoms with Gasteiger partial charge in [0, 0.05) is 31.2 Å². The second kappa shape index (κ2) is 5.83. The molecule has 1 aliphatic rings. The van der Waals surface area contributed by atoms with Gasteiger partial charge in [-0.25, -0.2) is 0 Å². The zero-order valence-electron chi connectivity index (χ0n) is 10.7. The Kier molecular flexibility index (Phi) is 5.03. The predicted octanol–water partition coefficient (Wildman–Crippen LogP) is 1.14. The highest BCUT2D eigenvalue weighted by atomic mass is 15.3. The van der Waals surface area contributed by atoms with Crippen LogP contribution >= 0.6 is 0 Å². The molecule has 2 N–H and O–H groups in total. The second-order valence-electron chi connectivity index (χ2n) is 4.76. The van der Waals surface area contributed by atoms with Crippen LogP contribution in [-0.2, 0) is 0 Å². The molecule has 3 heteroatoms. The van der Waals surface area contributed by atoms with Gasteiger partial charge in [0.1, 0.15) is 0 Å². The summed E-state index contributed by atoms with van der Waals surface area (Å²) in [7, 11) is 0. The summed E-state index contributed by atoms with van der Waals surface area (Å²) in [5, 5.41) is 0. The molecular weight excluding hydrogens is 186 g/mol. The molecule has 0 saturated carbocycles. The van der Waals surface area contributed by atoms with E-state index in [4.69, 9.17) is 5.73 Å². The highest BCUT2D eigenvalue weighted by Crippen LogP contribution is 2.18. The van der Waals surface area contributed by atoms with Gasteiger partial charge in [0.25, 0.3) is 0 Å². The summed E-state index contributed by atoms with van der Waals surface area (Å²) in [4.78, 5) is 5.10. The fourth-order valence-electron chi connectivity index (χ4n) is 2.51. The maximum absolute atomic E-state index is 5.95. The van der Waals surface area contributed by atoms with Crippen molar-refractivity contribution in [3.05, 3.63) is 0 Å². The van der Waals surface area contributed by atoms with Gasteiger partial charge in [-0.15, -0.1) is 0 Å². The molecule has 90 valence electrons. The first-order valence-electron chi connectivity index (χ1n) is 6.33. The van der Waals surface area contributed by atoms with Crippen LogP contribution in [0, 0.1) is 0 Å². The molecule has 0 radical (unpaired) electrons. The third-order valence-corrected chi connectivity index (χ3v) is 3.86. The van der Waals surface area contributed by atoms with Gasteiger partial charge in [-0.2, -0.15) is 0 Å². The molecule has 0 bridgehead atoms. The lowest BCUT2D eigenvalue weighted by molar-refractivity contribution is 0.183. The molecule has 0 spiro atoms. The number of nitrogens with zero attached hydrogens (tertiary/aromatic N) is 2. The van der Waals surface area contributed by atoms with E-state index in [1.54, 1.807) is 0 Å². The lowest BCUT2D eigenvalue weighted by Crippen LogP contribution is -2.45. The molecule has 3 atom stereocenters. The van der Waals surface area contributed by atoms with Crippen molar-refractivity contribution in [1.82, 2.24) is 9.80 Å². The number of likely N-dealkylation sites (N-methyl/N-ethyl adjacent to an activating group) is 1. The second-order valence-corrected chi connectivity index (χ2v) is 4.76. The Morgan fingerprint density at radius 2 is 1.93 bits per heavy atom. The van der Waals surface area contributed by atoms with Crippen molar-refractivity contribution < 1.29 is 0 Å². The smallest absolute Gasteiger partial charge is 0.0235 e. The number of hydrogen-bond acceptors (Lipinski definition) is 3. The average molecular weight is 213 g/mol. The van der Waals surface area contributed by atoms with Crippen LogP contribution in [0.5, 0.6) is 0 Å². The van der Waals surface area contributed by atoms with Crippen molar-refractivity contribution in [2.45, 2.75) is 52.2 Å². The summed E-state index contributed by atoms with van der Waals surface area (Å²) in [6.07, 6.45) is 1.30. The summed E-state index contributed by atoms with van der Waals surface area (Å²) < 4.78 is 0. The summed E-state index contributed by atoms with van der Waals surface area (Å²) in [6, 6.07) is 1.55. The molecule has 1 rings (SSSR count). The Balaban J connectivity index is 2.44. The molecule has 0 aromatic rings. The maximum Gasteiger partial charge on any atom is 0.0235 e. The molecule has 0 amide bonds. The summed E-state index contributed by atoms with van der Waals surface area (Å²) in [5.41, 5.74) is 5.95. The third kappa shape index (κ3) is 3.16. The first kappa shape index (κ1) is 12.9. The van der Waals surface area contributed by atoms with Gasteiger partial charge < -0.3 is 5.73 Å². The molecule has 1 heterocycles. The Morgan fingerprint density at radius 1 is 1.33 bits per heavy atom. The number of likely N-dealkylation sites (tertiary alicyclic amines) is 1. The molecule has 3 nitrogen and oxygen atoms in total. The van der Waals surface area contributed by atoms with Crippen molar-refractivity contribution in [3.63, 3.8) is 0 Å². The normalized spacial score (nSPS) is 27.2. The van der Waals surface area contributed by atoms with Crippen molar-refractivity contribution in [3.8, 4) is 0 Å². The molecule has 1 saturated heterocycles. The minimum atomic E-state index is 0.278. The van der Waals surface area contributed by atoms with Crippen LogP contribution in [0.15, 0.2) is 0 Å². The van der Waals surface area contributed by atoms with Crippen LogP contribution in [0.2, 0.25) is 0 Å². The maximum atomic E-state index is 5.95. The molecule has 1 fully saturated rings. The van der Waals surface area contributed by atoms with E-state index in [0.717, 1.165) is 6.04 Å². The number of nitrogens with two attached hydrogens (primary N) is 1. The Bertz CT molecular complexity index is 170. The predicted molar refractivity (Wildman–Crippen MR) is 66.0 cm³/mol. The van der Waals surface area contributed by atoms with Gasteiger partial charge >= 0.3 is 0 Å². The topological polar surface area (TPSA) is 32.5 Å². The molecule has 0 aliphatic carbocycles. The third-order valence-electron chi connectivity index (χ3n) is 3.86. The van der Waals surface area contributed by atoms with Gasteiger partial charge in [0.2, 0.25) is 0 Å². The lowest BCUT2D eigenvalue weighted by atomic mass is 10.1. The van der Waals surface area contributed by atoms with Gasteiger partial charge in [-0.1, -0.05) is 13.8 Å². The SMILES string of the molecule is CCN(CC)C1CCN(C(C)C(C)N)C1. The summed E-state index contributed by atoms with van der Waals surface area (Å²) in [5.74, 6) is 0. The van der Waals surface area contributed by atoms with E-state index >= 15 is 0 Å². The van der Waals surface area contributed by atoms with Crippen molar-refractivity contribution in [1.29, 1.82) is 0 Å². The van der Waals surface area contributed by atoms with Gasteiger partial charge in [-0.3, -0.25) is 9.80 Å². The van der Waals surface area contributed by atoms with Crippen LogP contribution < -0.4 is 5.73 Å². The van der Waals surface area contributed by atoms with Gasteiger partial charge in [0.15, 0.2) is 0 Å². The van der Waals surface area contributed by atoms with E-state index in [0.29, 0.717) is 6.04 Å². The van der Waals surface area contributed by atoms with E-state index < -0.39 is 0 Å². The van der Waals surface area contributed by atoms with E-state index in [2.05, 4.69) is 37.5 Å². The summed E-state index contributed by atoms with van der Waals surface area (Å²) in [6.45, 7) is 13.6. The number of hydrogen-bond donors (Lipinski definition) is 1. The lowest BCUT2D eigenvalue weighted by Gasteiger charge is -2.30. The zero-order valence-corrected chi connectivity index (χ0v) is 10.7. The fourth-order valence-corrected chi connectivity index (χ4v) is 2.51. The zero-order chi connectivity index (χ0) is 11.4. The average Bonchev–Trinajstić information content (AvgIpc) is 2.67. The van der Waals surface area contributed by atoms with Crippen LogP contribution in [0.3, 0.4) is 0 Å². The van der Waals surface area contributed by atoms with Gasteiger partial charge in [-0.05, 0) is 33.4 Å². The molecule has 0 aromatic carbocycles. The van der Waals surface area contributed by atoms with E-state index in [1.807, 2.05) is 0 Å². The van der Waals surface area contributed by atoms with Crippen molar-refractivity contribution in [2.24, 2.45) is 5.73 Å². The Morgan fingerprint density at radius 3 is 2.40 bits per heavy atom. The molecule has 0 aromatic heterocycles. The van der Waals surface area contributed by atoms with Crippen molar-refractivity contribution >= 4 is 0 Å². The highest BCUT2D eigenvalue weighted by molar-refractivity contribution is 4.87. The largest absolute Gasteiger partial charge is 0.327 e. The van der Waals surface area contributed by atoms with Gasteiger partial charge in [0.05, 0.1) is 0 Å². The fraction of sp³-hybridized carbons (Fsp3) is 1.00. The van der Waals surface area contributed by atoms with Crippen LogP contribution in [0.25, 0.3) is 0 Å². The highest BCUT2D eigenvalue weighted by Gasteiger charge is 2.29. The molecule has 3 unspecified atom stereocenters. The van der Waals surface area contributed by atoms with E-state index in [1.165, 1.54) is 32.6 Å². The molecule has 1 aliphatic heterocycles. The first-order chi connectivity index (χ1) is 7.10. The monoisotopic (exact) mass is 213 g/mol. The number of rotatable bonds is 5. The van der Waals surface area contributed by atoms with Crippen molar-refractivity contribution in [2.75, 3.05) is 26.2 Å². The summed E-state index contributed by atoms with van der Waals surface area (Å²) >= 11 is 0. The molecular formula is C12H27N3. The van der Waals surface area contributed by atoms with Crippen LogP contribution in [-0.4, -0.2) is 54.1 Å². The van der Waals surface area contributed by atoms with Crippen LogP contribution in [0.4, 0.5) is 0 Å². The molecule has 15 heavy (non-hydrogen) atoms. The first-order valence-corrected chi connectivity index (χ1v) is 6.33. The minimum absolute atomic E-state index is 0.278. The van der Waals surface area contributed by atoms with E-state index in [9.17, 15) is 0 Å². The standard InChI is InChI=1S/C12H27N3/c1-5-14(6-2)12-7-8-15(9-12)11(4)10(3)13/h10-12H,5-9,13H2,1-4H3. The quantitative estimate of drug-likeness (QED) is 0.743. The Hall–Kier alpha value is -0.120. The van der Waals surface area contributed by atoms with Crippen LogP contribution in [0.1, 0.15) is 34.1 Å². The van der Waals surface area contributed by atoms with E-state index in [-0.39, 0.29) is 6.04 Å². The minimum Gasteiger partial charge on any atom is -0.327 e.